The van der Waals surface area contributed by atoms with Crippen molar-refractivity contribution in [3.8, 4) is 17.3 Å². The molecule has 0 N–H and O–H groups in total. The fraction of sp³-hybridized carbons (Fsp3) is 0.150. The van der Waals surface area contributed by atoms with Crippen LogP contribution < -0.4 is 0 Å². The highest BCUT2D eigenvalue weighted by molar-refractivity contribution is 7.89. The molecule has 3 aromatic rings. The molecule has 1 aromatic heterocycles. The summed E-state index contributed by atoms with van der Waals surface area (Å²) in [6.45, 7) is 0. The molecule has 6 nitrogen and oxygen atoms in total. The predicted octanol–water partition coefficient (Wildman–Crippen LogP) is 4.20. The Labute approximate surface area is 178 Å². The van der Waals surface area contributed by atoms with Gasteiger partial charge in [0.25, 0.3) is 0 Å². The third-order valence-electron chi connectivity index (χ3n) is 4.22. The van der Waals surface area contributed by atoms with E-state index in [2.05, 4.69) is 4.98 Å². The molecule has 0 aliphatic rings. The Morgan fingerprint density at radius 3 is 2.31 bits per heavy atom. The maximum absolute atomic E-state index is 12.8. The lowest BCUT2D eigenvalue weighted by Crippen LogP contribution is -2.22. The van der Waals surface area contributed by atoms with Crippen LogP contribution in [0.3, 0.4) is 0 Å². The Morgan fingerprint density at radius 2 is 1.76 bits per heavy atom. The summed E-state index contributed by atoms with van der Waals surface area (Å²) < 4.78 is 25.4. The van der Waals surface area contributed by atoms with E-state index in [0.29, 0.717) is 15.7 Å². The predicted molar refractivity (Wildman–Crippen MR) is 113 cm³/mol. The number of halogens is 1. The molecule has 0 aliphatic carbocycles. The molecule has 1 heterocycles. The lowest BCUT2D eigenvalue weighted by atomic mass is 9.99. The number of carbonyl (C=O) groups is 1. The topological polar surface area (TPSA) is 91.1 Å². The van der Waals surface area contributed by atoms with Crippen LogP contribution in [0.2, 0.25) is 5.02 Å². The molecule has 0 amide bonds. The number of rotatable bonds is 6. The smallest absolute Gasteiger partial charge is 0.242 e. The molecule has 0 bridgehead atoms. The van der Waals surface area contributed by atoms with Crippen LogP contribution in [0.15, 0.2) is 58.8 Å². The summed E-state index contributed by atoms with van der Waals surface area (Å²) in [6, 6.07) is 14.7. The van der Waals surface area contributed by atoms with E-state index in [1.54, 1.807) is 17.5 Å². The molecule has 0 saturated heterocycles. The summed E-state index contributed by atoms with van der Waals surface area (Å²) in [5.41, 5.74) is 1.74. The van der Waals surface area contributed by atoms with Crippen molar-refractivity contribution < 1.29 is 13.2 Å². The number of hydrogen-bond acceptors (Lipinski definition) is 6. The number of benzene rings is 2. The first-order valence-electron chi connectivity index (χ1n) is 8.42. The highest BCUT2D eigenvalue weighted by Crippen LogP contribution is 2.29. The second-order valence-corrected chi connectivity index (χ2v) is 9.79. The number of sulfonamides is 1. The van der Waals surface area contributed by atoms with Gasteiger partial charge in [0.2, 0.25) is 10.0 Å². The van der Waals surface area contributed by atoms with Crippen molar-refractivity contribution in [2.45, 2.75) is 10.8 Å². The minimum absolute atomic E-state index is 0.0758. The number of aromatic nitrogens is 1. The van der Waals surface area contributed by atoms with Gasteiger partial charge in [0.15, 0.2) is 11.7 Å². The number of Topliss-reactive ketones (excluding diaryl/α,β-unsaturated/α-hetero) is 1. The highest BCUT2D eigenvalue weighted by Gasteiger charge is 2.26. The Morgan fingerprint density at radius 1 is 1.14 bits per heavy atom. The maximum Gasteiger partial charge on any atom is 0.242 e. The van der Waals surface area contributed by atoms with Crippen LogP contribution in [0.5, 0.6) is 0 Å². The summed E-state index contributed by atoms with van der Waals surface area (Å²) in [5, 5.41) is 12.3. The van der Waals surface area contributed by atoms with E-state index in [1.807, 2.05) is 18.2 Å². The van der Waals surface area contributed by atoms with Crippen LogP contribution in [0.25, 0.3) is 11.3 Å². The Balaban J connectivity index is 1.86. The summed E-state index contributed by atoms with van der Waals surface area (Å²) in [6.07, 6.45) is 0. The molecule has 29 heavy (non-hydrogen) atoms. The van der Waals surface area contributed by atoms with E-state index >= 15 is 0 Å². The third kappa shape index (κ3) is 4.38. The minimum Gasteiger partial charge on any atom is -0.292 e. The number of nitriles is 1. The molecule has 0 fully saturated rings. The zero-order chi connectivity index (χ0) is 21.2. The SMILES string of the molecule is CN(C)S(=O)(=O)c1ccc(C(=O)C(C#N)c2nc(-c3ccc(Cl)cc3)cs2)cc1. The van der Waals surface area contributed by atoms with Crippen LogP contribution in [-0.2, 0) is 10.0 Å². The second kappa shape index (κ2) is 8.43. The summed E-state index contributed by atoms with van der Waals surface area (Å²) in [7, 11) is -0.728. The van der Waals surface area contributed by atoms with Crippen LogP contribution in [0.1, 0.15) is 21.3 Å². The number of hydrogen-bond donors (Lipinski definition) is 0. The number of thiazole rings is 1. The minimum atomic E-state index is -3.59. The maximum atomic E-state index is 12.8. The average Bonchev–Trinajstić information content (AvgIpc) is 3.18. The van der Waals surface area contributed by atoms with Gasteiger partial charge in [0, 0.05) is 35.6 Å². The van der Waals surface area contributed by atoms with Crippen molar-refractivity contribution in [3.05, 3.63) is 69.5 Å². The van der Waals surface area contributed by atoms with Crippen molar-refractivity contribution in [1.82, 2.24) is 9.29 Å². The van der Waals surface area contributed by atoms with Gasteiger partial charge < -0.3 is 0 Å². The van der Waals surface area contributed by atoms with Crippen LogP contribution >= 0.6 is 22.9 Å². The molecule has 148 valence electrons. The van der Waals surface area contributed by atoms with Gasteiger partial charge in [-0.15, -0.1) is 11.3 Å². The van der Waals surface area contributed by atoms with Gasteiger partial charge >= 0.3 is 0 Å². The Kier molecular flexibility index (Phi) is 6.15. The van der Waals surface area contributed by atoms with Gasteiger partial charge in [0.1, 0.15) is 5.01 Å². The van der Waals surface area contributed by atoms with Gasteiger partial charge in [-0.1, -0.05) is 35.9 Å². The van der Waals surface area contributed by atoms with Gasteiger partial charge in [0.05, 0.1) is 16.7 Å². The quantitative estimate of drug-likeness (QED) is 0.530. The molecule has 1 unspecified atom stereocenters. The Hall–Kier alpha value is -2.57. The van der Waals surface area contributed by atoms with E-state index in [0.717, 1.165) is 9.87 Å². The van der Waals surface area contributed by atoms with E-state index in [4.69, 9.17) is 11.6 Å². The van der Waals surface area contributed by atoms with Crippen molar-refractivity contribution in [3.63, 3.8) is 0 Å². The zero-order valence-corrected chi connectivity index (χ0v) is 17.9. The van der Waals surface area contributed by atoms with Crippen molar-refractivity contribution in [2.75, 3.05) is 14.1 Å². The first-order chi connectivity index (χ1) is 13.7. The fourth-order valence-electron chi connectivity index (χ4n) is 2.57. The normalized spacial score (nSPS) is 12.5. The molecular formula is C20H16ClN3O3S2. The zero-order valence-electron chi connectivity index (χ0n) is 15.5. The van der Waals surface area contributed by atoms with Crippen LogP contribution in [-0.4, -0.2) is 37.6 Å². The molecule has 3 rings (SSSR count). The largest absolute Gasteiger partial charge is 0.292 e. The van der Waals surface area contributed by atoms with Crippen molar-refractivity contribution in [1.29, 1.82) is 5.26 Å². The summed E-state index contributed by atoms with van der Waals surface area (Å²) >= 11 is 7.12. The molecule has 9 heteroatoms. The molecule has 0 saturated carbocycles. The van der Waals surface area contributed by atoms with Crippen molar-refractivity contribution >= 4 is 38.7 Å². The lowest BCUT2D eigenvalue weighted by Gasteiger charge is -2.12. The van der Waals surface area contributed by atoms with E-state index in [1.165, 1.54) is 49.7 Å². The number of ketones is 1. The first kappa shape index (κ1) is 21.1. The summed E-state index contributed by atoms with van der Waals surface area (Å²) in [5.74, 6) is -1.50. The molecule has 0 aliphatic heterocycles. The van der Waals surface area contributed by atoms with Crippen LogP contribution in [0.4, 0.5) is 0 Å². The average molecular weight is 446 g/mol. The van der Waals surface area contributed by atoms with Gasteiger partial charge in [-0.25, -0.2) is 17.7 Å². The van der Waals surface area contributed by atoms with Gasteiger partial charge in [-0.3, -0.25) is 4.79 Å². The first-order valence-corrected chi connectivity index (χ1v) is 11.1. The number of nitrogens with zero attached hydrogens (tertiary/aromatic N) is 3. The van der Waals surface area contributed by atoms with Crippen LogP contribution in [0, 0.1) is 11.3 Å². The highest BCUT2D eigenvalue weighted by atomic mass is 35.5. The van der Waals surface area contributed by atoms with E-state index in [-0.39, 0.29) is 10.5 Å². The number of carbonyl (C=O) groups excluding carboxylic acids is 1. The molecule has 0 radical (unpaired) electrons. The standard InChI is InChI=1S/C20H16ClN3O3S2/c1-24(2)29(26,27)16-9-5-14(6-10-16)19(25)17(11-22)20-23-18(12-28-20)13-3-7-15(21)8-4-13/h3-10,12,17H,1-2H3. The summed E-state index contributed by atoms with van der Waals surface area (Å²) in [4.78, 5) is 17.3. The van der Waals surface area contributed by atoms with E-state index in [9.17, 15) is 18.5 Å². The van der Waals surface area contributed by atoms with Gasteiger partial charge in [-0.05, 0) is 24.3 Å². The monoisotopic (exact) mass is 445 g/mol. The Bertz CT molecular complexity index is 1180. The third-order valence-corrected chi connectivity index (χ3v) is 7.21. The molecular weight excluding hydrogens is 430 g/mol. The molecule has 2 aromatic carbocycles. The fourth-order valence-corrected chi connectivity index (χ4v) is 4.46. The van der Waals surface area contributed by atoms with Crippen molar-refractivity contribution in [2.24, 2.45) is 0 Å². The lowest BCUT2D eigenvalue weighted by molar-refractivity contribution is 0.0978. The molecule has 1 atom stereocenters. The van der Waals surface area contributed by atoms with E-state index < -0.39 is 21.7 Å². The van der Waals surface area contributed by atoms with Gasteiger partial charge in [-0.2, -0.15) is 5.26 Å². The molecule has 0 spiro atoms. The second-order valence-electron chi connectivity index (χ2n) is 6.32.